The number of nitrogens with zero attached hydrogens (tertiary/aromatic N) is 1. The lowest BCUT2D eigenvalue weighted by Crippen LogP contribution is -2.41. The van der Waals surface area contributed by atoms with Crippen molar-refractivity contribution in [3.05, 3.63) is 28.2 Å². The molecule has 1 aromatic rings. The van der Waals surface area contributed by atoms with Crippen LogP contribution in [0.25, 0.3) is 0 Å². The van der Waals surface area contributed by atoms with Crippen molar-refractivity contribution in [1.29, 1.82) is 0 Å². The Balaban J connectivity index is 2.50. The summed E-state index contributed by atoms with van der Waals surface area (Å²) in [6, 6.07) is 1.52. The van der Waals surface area contributed by atoms with Crippen LogP contribution in [0.3, 0.4) is 0 Å². The van der Waals surface area contributed by atoms with Gasteiger partial charge in [0.05, 0.1) is 11.2 Å². The molecule has 21 heavy (non-hydrogen) atoms. The van der Waals surface area contributed by atoms with E-state index in [1.165, 1.54) is 4.57 Å². The zero-order chi connectivity index (χ0) is 16.0. The van der Waals surface area contributed by atoms with Gasteiger partial charge in [-0.05, 0) is 40.2 Å². The summed E-state index contributed by atoms with van der Waals surface area (Å²) in [6.07, 6.45) is 1.78. The number of nitrogens with one attached hydrogen (secondary N) is 1. The SMILES string of the molecule is CC(NS)c1cc(=O)n(C)cc1B1OC(C)(C)C(C)(C)O1. The maximum atomic E-state index is 11.9. The molecule has 0 aromatic carbocycles. The lowest BCUT2D eigenvalue weighted by atomic mass is 9.75. The van der Waals surface area contributed by atoms with E-state index in [-0.39, 0.29) is 11.6 Å². The molecule has 5 nitrogen and oxygen atoms in total. The molecular weight excluding hydrogens is 287 g/mol. The van der Waals surface area contributed by atoms with Crippen LogP contribution in [0, 0.1) is 0 Å². The molecule has 0 bridgehead atoms. The van der Waals surface area contributed by atoms with Crippen molar-refractivity contribution in [1.82, 2.24) is 9.29 Å². The first kappa shape index (κ1) is 16.6. The van der Waals surface area contributed by atoms with Crippen molar-refractivity contribution in [2.45, 2.75) is 51.9 Å². The van der Waals surface area contributed by atoms with Gasteiger partial charge in [0.2, 0.25) is 0 Å². The Labute approximate surface area is 131 Å². The van der Waals surface area contributed by atoms with Crippen LogP contribution in [0.1, 0.15) is 46.2 Å². The van der Waals surface area contributed by atoms with E-state index in [2.05, 4.69) is 17.5 Å². The molecule has 116 valence electrons. The third-order valence-corrected chi connectivity index (χ3v) is 4.85. The van der Waals surface area contributed by atoms with Crippen molar-refractivity contribution >= 4 is 25.4 Å². The fourth-order valence-corrected chi connectivity index (χ4v) is 2.42. The van der Waals surface area contributed by atoms with E-state index in [1.807, 2.05) is 34.6 Å². The number of aryl methyl sites for hydroxylation is 1. The molecule has 2 heterocycles. The topological polar surface area (TPSA) is 52.5 Å². The molecule has 7 heteroatoms. The van der Waals surface area contributed by atoms with E-state index >= 15 is 0 Å². The van der Waals surface area contributed by atoms with E-state index in [4.69, 9.17) is 9.31 Å². The number of thiol groups is 1. The number of rotatable bonds is 3. The lowest BCUT2D eigenvalue weighted by molar-refractivity contribution is 0.00578. The van der Waals surface area contributed by atoms with Crippen LogP contribution in [0.15, 0.2) is 17.1 Å². The Kier molecular flexibility index (Phi) is 4.32. The summed E-state index contributed by atoms with van der Waals surface area (Å²) in [5.74, 6) is 0. The Hall–Kier alpha value is -0.755. The monoisotopic (exact) mass is 310 g/mol. The van der Waals surface area contributed by atoms with Gasteiger partial charge in [0.25, 0.3) is 5.56 Å². The fourth-order valence-electron chi connectivity index (χ4n) is 2.28. The van der Waals surface area contributed by atoms with Crippen molar-refractivity contribution in [2.24, 2.45) is 7.05 Å². The van der Waals surface area contributed by atoms with Crippen LogP contribution in [0.4, 0.5) is 0 Å². The quantitative estimate of drug-likeness (QED) is 0.650. The van der Waals surface area contributed by atoms with Gasteiger partial charge in [0, 0.05) is 30.8 Å². The molecule has 1 aromatic heterocycles. The summed E-state index contributed by atoms with van der Waals surface area (Å²) in [7, 11) is 1.22. The van der Waals surface area contributed by atoms with Crippen LogP contribution in [-0.4, -0.2) is 22.9 Å². The minimum Gasteiger partial charge on any atom is -0.399 e. The minimum absolute atomic E-state index is 0.0688. The first-order valence-corrected chi connectivity index (χ1v) is 7.49. The van der Waals surface area contributed by atoms with Crippen LogP contribution < -0.4 is 15.7 Å². The van der Waals surface area contributed by atoms with Gasteiger partial charge in [-0.1, -0.05) is 12.8 Å². The molecular formula is C14H23BN2O3S. The van der Waals surface area contributed by atoms with E-state index in [0.29, 0.717) is 0 Å². The van der Waals surface area contributed by atoms with Gasteiger partial charge < -0.3 is 13.9 Å². The Morgan fingerprint density at radius 1 is 1.29 bits per heavy atom. The van der Waals surface area contributed by atoms with Gasteiger partial charge >= 0.3 is 7.12 Å². The van der Waals surface area contributed by atoms with E-state index < -0.39 is 18.3 Å². The van der Waals surface area contributed by atoms with Crippen LogP contribution in [-0.2, 0) is 16.4 Å². The lowest BCUT2D eigenvalue weighted by Gasteiger charge is -2.32. The van der Waals surface area contributed by atoms with Gasteiger partial charge in [0.1, 0.15) is 0 Å². The highest BCUT2D eigenvalue weighted by Crippen LogP contribution is 2.36. The Morgan fingerprint density at radius 3 is 2.29 bits per heavy atom. The van der Waals surface area contributed by atoms with E-state index in [1.54, 1.807) is 19.3 Å². The number of pyridine rings is 1. The normalized spacial score (nSPS) is 21.6. The molecule has 0 amide bonds. The van der Waals surface area contributed by atoms with Gasteiger partial charge in [-0.2, -0.15) is 0 Å². The molecule has 1 aliphatic heterocycles. The second kappa shape index (κ2) is 5.46. The molecule has 1 N–H and O–H groups in total. The van der Waals surface area contributed by atoms with E-state index in [9.17, 15) is 4.79 Å². The van der Waals surface area contributed by atoms with Crippen molar-refractivity contribution in [2.75, 3.05) is 0 Å². The predicted molar refractivity (Wildman–Crippen MR) is 87.9 cm³/mol. The second-order valence-electron chi connectivity index (χ2n) is 6.57. The zero-order valence-electron chi connectivity index (χ0n) is 13.4. The third-order valence-electron chi connectivity index (χ3n) is 4.46. The van der Waals surface area contributed by atoms with Gasteiger partial charge in [-0.15, -0.1) is 0 Å². The maximum absolute atomic E-state index is 11.9. The standard InChI is InChI=1S/C14H23BN2O3S/c1-9(16-21)10-7-12(18)17(6)8-11(10)15-19-13(2,3)14(4,5)20-15/h7-9,16,21H,1-6H3. The fraction of sp³-hybridized carbons (Fsp3) is 0.643. The molecule has 1 aliphatic rings. The zero-order valence-corrected chi connectivity index (χ0v) is 14.3. The molecule has 0 radical (unpaired) electrons. The molecule has 2 rings (SSSR count). The van der Waals surface area contributed by atoms with E-state index in [0.717, 1.165) is 11.0 Å². The maximum Gasteiger partial charge on any atom is 0.496 e. The molecule has 0 aliphatic carbocycles. The van der Waals surface area contributed by atoms with Gasteiger partial charge in [-0.25, -0.2) is 0 Å². The van der Waals surface area contributed by atoms with Gasteiger partial charge in [0.15, 0.2) is 0 Å². The summed E-state index contributed by atoms with van der Waals surface area (Å²) < 4.78 is 16.6. The highest BCUT2D eigenvalue weighted by molar-refractivity contribution is 7.78. The van der Waals surface area contributed by atoms with Crippen molar-refractivity contribution in [3.63, 3.8) is 0 Å². The summed E-state index contributed by atoms with van der Waals surface area (Å²) in [4.78, 5) is 11.9. The number of hydrogen-bond donors (Lipinski definition) is 2. The molecule has 0 saturated carbocycles. The smallest absolute Gasteiger partial charge is 0.399 e. The summed E-state index contributed by atoms with van der Waals surface area (Å²) in [6.45, 7) is 9.98. The minimum atomic E-state index is -0.499. The van der Waals surface area contributed by atoms with Crippen LogP contribution in [0.5, 0.6) is 0 Å². The molecule has 0 spiro atoms. The van der Waals surface area contributed by atoms with Crippen molar-refractivity contribution in [3.8, 4) is 0 Å². The first-order chi connectivity index (χ1) is 9.59. The van der Waals surface area contributed by atoms with Gasteiger partial charge in [-0.3, -0.25) is 9.52 Å². The summed E-state index contributed by atoms with van der Waals surface area (Å²) in [5, 5.41) is 0. The largest absolute Gasteiger partial charge is 0.496 e. The Bertz CT molecular complexity index is 584. The summed E-state index contributed by atoms with van der Waals surface area (Å²) >= 11 is 4.10. The molecule has 1 saturated heterocycles. The highest BCUT2D eigenvalue weighted by Gasteiger charge is 2.52. The average molecular weight is 310 g/mol. The second-order valence-corrected chi connectivity index (χ2v) is 6.83. The average Bonchev–Trinajstić information content (AvgIpc) is 2.60. The van der Waals surface area contributed by atoms with Crippen molar-refractivity contribution < 1.29 is 9.31 Å². The highest BCUT2D eigenvalue weighted by atomic mass is 32.1. The molecule has 1 atom stereocenters. The van der Waals surface area contributed by atoms with Crippen LogP contribution >= 0.6 is 12.8 Å². The predicted octanol–water partition coefficient (Wildman–Crippen LogP) is 1.18. The first-order valence-electron chi connectivity index (χ1n) is 7.05. The molecule has 1 unspecified atom stereocenters. The molecule has 1 fully saturated rings. The Morgan fingerprint density at radius 2 is 1.81 bits per heavy atom. The number of hydrogen-bond acceptors (Lipinski definition) is 5. The number of aromatic nitrogens is 1. The third kappa shape index (κ3) is 2.92. The van der Waals surface area contributed by atoms with Crippen LogP contribution in [0.2, 0.25) is 0 Å². The summed E-state index contributed by atoms with van der Waals surface area (Å²) in [5.41, 5.74) is 0.792.